The minimum atomic E-state index is -0.600. The van der Waals surface area contributed by atoms with Crippen molar-refractivity contribution in [2.45, 2.75) is 58.2 Å². The number of nitrogens with zero attached hydrogens (tertiary/aromatic N) is 3. The SMILES string of the molecule is CN1CCN(c2cc3c(cc2F)C(NC(=O)[C@@H](N)C(C)(C)C)CCN3C2CC2)CC1.Cl. The number of carbonyl (C=O) groups excluding carboxylic acids is 1. The number of amides is 1. The van der Waals surface area contributed by atoms with Gasteiger partial charge in [0.05, 0.1) is 17.8 Å². The van der Waals surface area contributed by atoms with E-state index in [2.05, 4.69) is 27.1 Å². The van der Waals surface area contributed by atoms with Gasteiger partial charge in [0.25, 0.3) is 0 Å². The molecule has 6 nitrogen and oxygen atoms in total. The Morgan fingerprint density at radius 3 is 2.32 bits per heavy atom. The largest absolute Gasteiger partial charge is 0.368 e. The minimum absolute atomic E-state index is 0. The fourth-order valence-electron chi connectivity index (χ4n) is 4.50. The predicted octanol–water partition coefficient (Wildman–Crippen LogP) is 2.90. The average Bonchev–Trinajstić information content (AvgIpc) is 3.52. The van der Waals surface area contributed by atoms with Crippen molar-refractivity contribution in [2.75, 3.05) is 49.6 Å². The number of hydrogen-bond acceptors (Lipinski definition) is 5. The van der Waals surface area contributed by atoms with Gasteiger partial charge in [-0.1, -0.05) is 20.8 Å². The average molecular weight is 454 g/mol. The van der Waals surface area contributed by atoms with Gasteiger partial charge in [-0.05, 0) is 43.9 Å². The lowest BCUT2D eigenvalue weighted by Crippen LogP contribution is -2.50. The van der Waals surface area contributed by atoms with Crippen molar-refractivity contribution >= 4 is 29.7 Å². The fourth-order valence-corrected chi connectivity index (χ4v) is 4.50. The van der Waals surface area contributed by atoms with E-state index in [1.807, 2.05) is 26.8 Å². The van der Waals surface area contributed by atoms with Gasteiger partial charge in [0.15, 0.2) is 0 Å². The summed E-state index contributed by atoms with van der Waals surface area (Å²) >= 11 is 0. The van der Waals surface area contributed by atoms with E-state index < -0.39 is 6.04 Å². The molecule has 0 bridgehead atoms. The molecule has 1 amide bonds. The molecule has 1 unspecified atom stereocenters. The van der Waals surface area contributed by atoms with Crippen LogP contribution >= 0.6 is 12.4 Å². The number of halogens is 2. The molecule has 1 saturated heterocycles. The van der Waals surface area contributed by atoms with E-state index >= 15 is 4.39 Å². The van der Waals surface area contributed by atoms with Gasteiger partial charge < -0.3 is 25.8 Å². The number of piperazine rings is 1. The van der Waals surface area contributed by atoms with Crippen LogP contribution in [-0.2, 0) is 4.79 Å². The summed E-state index contributed by atoms with van der Waals surface area (Å²) in [5, 5.41) is 3.12. The van der Waals surface area contributed by atoms with Crippen LogP contribution in [0.3, 0.4) is 0 Å². The van der Waals surface area contributed by atoms with E-state index in [0.717, 1.165) is 50.4 Å². The van der Waals surface area contributed by atoms with Crippen molar-refractivity contribution in [1.29, 1.82) is 0 Å². The molecule has 1 aromatic carbocycles. The zero-order chi connectivity index (χ0) is 21.6. The van der Waals surface area contributed by atoms with Gasteiger partial charge in [-0.2, -0.15) is 0 Å². The Morgan fingerprint density at radius 2 is 1.74 bits per heavy atom. The summed E-state index contributed by atoms with van der Waals surface area (Å²) < 4.78 is 15.3. The van der Waals surface area contributed by atoms with Gasteiger partial charge in [0, 0.05) is 50.0 Å². The monoisotopic (exact) mass is 453 g/mol. The number of carbonyl (C=O) groups is 1. The van der Waals surface area contributed by atoms with Crippen molar-refractivity contribution in [1.82, 2.24) is 10.2 Å². The molecule has 3 N–H and O–H groups in total. The van der Waals surface area contributed by atoms with Crippen molar-refractivity contribution < 1.29 is 9.18 Å². The quantitative estimate of drug-likeness (QED) is 0.733. The molecule has 31 heavy (non-hydrogen) atoms. The van der Waals surface area contributed by atoms with E-state index in [1.165, 1.54) is 12.8 Å². The van der Waals surface area contributed by atoms with E-state index in [0.29, 0.717) is 11.7 Å². The lowest BCUT2D eigenvalue weighted by atomic mass is 9.86. The van der Waals surface area contributed by atoms with Crippen LogP contribution in [0, 0.1) is 11.2 Å². The third-order valence-corrected chi connectivity index (χ3v) is 6.80. The molecule has 4 rings (SSSR count). The third kappa shape index (κ3) is 5.10. The van der Waals surface area contributed by atoms with Gasteiger partial charge in [0.1, 0.15) is 5.82 Å². The molecule has 1 aromatic rings. The van der Waals surface area contributed by atoms with Crippen molar-refractivity contribution in [3.05, 3.63) is 23.5 Å². The summed E-state index contributed by atoms with van der Waals surface area (Å²) in [6.45, 7) is 10.3. The van der Waals surface area contributed by atoms with Crippen LogP contribution in [0.15, 0.2) is 12.1 Å². The standard InChI is InChI=1S/C23H36FN5O.ClH/c1-23(2,3)21(25)22(30)26-18-7-8-29(15-5-6-15)19-14-20(17(24)13-16(18)19)28-11-9-27(4)10-12-28;/h13-15,18,21H,5-12,25H2,1-4H3,(H,26,30);1H/t18?,21-;/m1./s1. The summed E-state index contributed by atoms with van der Waals surface area (Å²) in [4.78, 5) is 19.6. The molecule has 2 aliphatic heterocycles. The molecule has 1 aliphatic carbocycles. The smallest absolute Gasteiger partial charge is 0.237 e. The van der Waals surface area contributed by atoms with Crippen molar-refractivity contribution in [2.24, 2.45) is 11.1 Å². The topological polar surface area (TPSA) is 64.8 Å². The molecule has 0 aromatic heterocycles. The zero-order valence-corrected chi connectivity index (χ0v) is 20.0. The maximum atomic E-state index is 15.3. The molecule has 1 saturated carbocycles. The molecule has 0 radical (unpaired) electrons. The van der Waals surface area contributed by atoms with E-state index in [4.69, 9.17) is 5.73 Å². The van der Waals surface area contributed by atoms with Gasteiger partial charge in [0.2, 0.25) is 5.91 Å². The zero-order valence-electron chi connectivity index (χ0n) is 19.2. The number of benzene rings is 1. The third-order valence-electron chi connectivity index (χ3n) is 6.80. The Kier molecular flexibility index (Phi) is 7.08. The van der Waals surface area contributed by atoms with Crippen molar-refractivity contribution in [3.8, 4) is 0 Å². The summed E-state index contributed by atoms with van der Waals surface area (Å²) in [6.07, 6.45) is 3.15. The second-order valence-electron chi connectivity index (χ2n) is 10.3. The molecule has 2 fully saturated rings. The number of anilines is 2. The Bertz CT molecular complexity index is 802. The lowest BCUT2D eigenvalue weighted by Gasteiger charge is -2.39. The number of nitrogens with two attached hydrogens (primary N) is 1. The van der Waals surface area contributed by atoms with E-state index in [-0.39, 0.29) is 35.6 Å². The van der Waals surface area contributed by atoms with Crippen LogP contribution in [0.2, 0.25) is 0 Å². The van der Waals surface area contributed by atoms with Crippen LogP contribution < -0.4 is 20.9 Å². The Balaban J connectivity index is 0.00000272. The number of nitrogens with one attached hydrogen (secondary N) is 1. The minimum Gasteiger partial charge on any atom is -0.368 e. The highest BCUT2D eigenvalue weighted by atomic mass is 35.5. The van der Waals surface area contributed by atoms with Gasteiger partial charge in [-0.15, -0.1) is 12.4 Å². The summed E-state index contributed by atoms with van der Waals surface area (Å²) in [6, 6.07) is 3.42. The van der Waals surface area contributed by atoms with E-state index in [1.54, 1.807) is 6.07 Å². The molecule has 8 heteroatoms. The highest BCUT2D eigenvalue weighted by Gasteiger charge is 2.38. The number of likely N-dealkylation sites (N-methyl/N-ethyl adjacent to an activating group) is 1. The van der Waals surface area contributed by atoms with Crippen LogP contribution in [0.25, 0.3) is 0 Å². The predicted molar refractivity (Wildman–Crippen MR) is 127 cm³/mol. The Morgan fingerprint density at radius 1 is 1.10 bits per heavy atom. The Hall–Kier alpha value is -1.57. The van der Waals surface area contributed by atoms with Crippen molar-refractivity contribution in [3.63, 3.8) is 0 Å². The van der Waals surface area contributed by atoms with Gasteiger partial charge >= 0.3 is 0 Å². The summed E-state index contributed by atoms with van der Waals surface area (Å²) in [5.41, 5.74) is 8.50. The second-order valence-corrected chi connectivity index (χ2v) is 10.3. The van der Waals surface area contributed by atoms with Gasteiger partial charge in [-0.25, -0.2) is 4.39 Å². The highest BCUT2D eigenvalue weighted by molar-refractivity contribution is 5.85. The maximum Gasteiger partial charge on any atom is 0.237 e. The second kappa shape index (κ2) is 9.12. The molecule has 174 valence electrons. The summed E-state index contributed by atoms with van der Waals surface area (Å²) in [7, 11) is 2.10. The Labute approximate surface area is 191 Å². The normalized spacial score (nSPS) is 23.1. The molecular formula is C23H37ClFN5O. The van der Waals surface area contributed by atoms with Crippen LogP contribution in [0.1, 0.15) is 51.6 Å². The first-order valence-electron chi connectivity index (χ1n) is 11.2. The molecule has 2 heterocycles. The number of fused-ring (bicyclic) bond motifs is 1. The molecule has 3 aliphatic rings. The van der Waals surface area contributed by atoms with Crippen LogP contribution in [0.5, 0.6) is 0 Å². The van der Waals surface area contributed by atoms with Crippen LogP contribution in [0.4, 0.5) is 15.8 Å². The number of rotatable bonds is 4. The first kappa shape index (κ1) is 24.1. The number of hydrogen-bond donors (Lipinski definition) is 2. The lowest BCUT2D eigenvalue weighted by molar-refractivity contribution is -0.125. The fraction of sp³-hybridized carbons (Fsp3) is 0.696. The van der Waals surface area contributed by atoms with E-state index in [9.17, 15) is 4.79 Å². The molecular weight excluding hydrogens is 417 g/mol. The first-order valence-corrected chi connectivity index (χ1v) is 11.2. The maximum absolute atomic E-state index is 15.3. The summed E-state index contributed by atoms with van der Waals surface area (Å²) in [5.74, 6) is -0.364. The highest BCUT2D eigenvalue weighted by Crippen LogP contribution is 2.43. The molecule has 0 spiro atoms. The molecule has 2 atom stereocenters. The van der Waals surface area contributed by atoms with Crippen LogP contribution in [-0.4, -0.2) is 62.7 Å². The first-order chi connectivity index (χ1) is 14.1. The van der Waals surface area contributed by atoms with Gasteiger partial charge in [-0.3, -0.25) is 4.79 Å².